The fourth-order valence-corrected chi connectivity index (χ4v) is 4.53. The molecule has 0 saturated heterocycles. The number of nitrogens with two attached hydrogens (primary N) is 1. The predicted octanol–water partition coefficient (Wildman–Crippen LogP) is 3.28. The van der Waals surface area contributed by atoms with Crippen LogP contribution in [-0.4, -0.2) is 44.0 Å². The number of aromatic nitrogens is 5. The number of nitrogens with one attached hydrogen (secondary N) is 1. The third-order valence-electron chi connectivity index (χ3n) is 6.56. The van der Waals surface area contributed by atoms with E-state index in [1.807, 2.05) is 24.3 Å². The van der Waals surface area contributed by atoms with Crippen LogP contribution in [-0.2, 0) is 19.6 Å². The summed E-state index contributed by atoms with van der Waals surface area (Å²) in [5.74, 6) is -0.109. The van der Waals surface area contributed by atoms with Gasteiger partial charge in [-0.3, -0.25) is 4.79 Å². The van der Waals surface area contributed by atoms with Crippen LogP contribution >= 0.6 is 0 Å². The number of rotatable bonds is 9. The molecule has 12 nitrogen and oxygen atoms in total. The summed E-state index contributed by atoms with van der Waals surface area (Å²) in [4.78, 5) is 15.3. The Bertz CT molecular complexity index is 1720. The fourth-order valence-electron chi connectivity index (χ4n) is 4.53. The van der Waals surface area contributed by atoms with Gasteiger partial charge in [0.1, 0.15) is 18.2 Å². The average Bonchev–Trinajstić information content (AvgIpc) is 3.72. The van der Waals surface area contributed by atoms with Crippen molar-refractivity contribution < 1.29 is 18.6 Å². The number of para-hydroxylation sites is 1. The van der Waals surface area contributed by atoms with Gasteiger partial charge in [-0.05, 0) is 63.8 Å². The quantitative estimate of drug-likeness (QED) is 0.207. The summed E-state index contributed by atoms with van der Waals surface area (Å²) in [6, 6.07) is 21.4. The number of anilines is 2. The predicted molar refractivity (Wildman–Crippen MR) is 147 cm³/mol. The van der Waals surface area contributed by atoms with Crippen LogP contribution in [0.1, 0.15) is 32.9 Å². The maximum absolute atomic E-state index is 13.2. The Morgan fingerprint density at radius 1 is 1.12 bits per heavy atom. The van der Waals surface area contributed by atoms with Gasteiger partial charge in [-0.2, -0.15) is 9.78 Å². The average molecular weight is 554 g/mol. The summed E-state index contributed by atoms with van der Waals surface area (Å²) in [5, 5.41) is 19.8. The van der Waals surface area contributed by atoms with E-state index < -0.39 is 5.91 Å². The summed E-state index contributed by atoms with van der Waals surface area (Å²) in [6.07, 6.45) is 2.37. The summed E-state index contributed by atoms with van der Waals surface area (Å²) in [7, 11) is 0. The molecule has 0 saturated carbocycles. The Hall–Kier alpha value is -5.59. The molecule has 1 aliphatic rings. The zero-order chi connectivity index (χ0) is 28.2. The number of ether oxygens (including phenoxy) is 1. The van der Waals surface area contributed by atoms with Crippen LogP contribution < -0.4 is 20.8 Å². The fraction of sp³-hybridized carbons (Fsp3) is 0.143. The lowest BCUT2D eigenvalue weighted by molar-refractivity contribution is 0.0949. The van der Waals surface area contributed by atoms with Gasteiger partial charge in [-0.1, -0.05) is 47.7 Å². The highest BCUT2D eigenvalue weighted by atomic mass is 19.1. The molecule has 0 bridgehead atoms. The Morgan fingerprint density at radius 2 is 1.98 bits per heavy atom. The number of hydrazone groups is 1. The van der Waals surface area contributed by atoms with Crippen molar-refractivity contribution in [2.45, 2.75) is 19.6 Å². The van der Waals surface area contributed by atoms with E-state index in [-0.39, 0.29) is 29.8 Å². The molecule has 0 fully saturated rings. The highest BCUT2D eigenvalue weighted by molar-refractivity contribution is 5.94. The van der Waals surface area contributed by atoms with Crippen LogP contribution in [0.25, 0.3) is 5.82 Å². The van der Waals surface area contributed by atoms with Crippen molar-refractivity contribution in [1.82, 2.24) is 30.7 Å². The molecule has 5 aromatic rings. The second kappa shape index (κ2) is 11.3. The van der Waals surface area contributed by atoms with Gasteiger partial charge in [0, 0.05) is 12.2 Å². The SMILES string of the molecule is Nc1nonc1-n1nnc(C(=O)NN=Cc2cccc(OCc3ccc(F)cc3)c2)c1CN1CCc2ccccc21. The van der Waals surface area contributed by atoms with Crippen molar-refractivity contribution in [2.75, 3.05) is 17.2 Å². The maximum Gasteiger partial charge on any atom is 0.293 e. The first-order valence-corrected chi connectivity index (χ1v) is 12.7. The third-order valence-corrected chi connectivity index (χ3v) is 6.56. The molecular formula is C28H24FN9O3. The summed E-state index contributed by atoms with van der Waals surface area (Å²) < 4.78 is 25.0. The minimum Gasteiger partial charge on any atom is -0.489 e. The molecule has 3 N–H and O–H groups in total. The van der Waals surface area contributed by atoms with E-state index >= 15 is 0 Å². The van der Waals surface area contributed by atoms with Crippen molar-refractivity contribution in [2.24, 2.45) is 5.10 Å². The first kappa shape index (κ1) is 25.7. The van der Waals surface area contributed by atoms with Crippen LogP contribution in [0.15, 0.2) is 82.5 Å². The van der Waals surface area contributed by atoms with Gasteiger partial charge in [0.2, 0.25) is 11.6 Å². The van der Waals surface area contributed by atoms with E-state index in [0.717, 1.165) is 24.2 Å². The van der Waals surface area contributed by atoms with E-state index in [9.17, 15) is 9.18 Å². The lowest BCUT2D eigenvalue weighted by atomic mass is 10.2. The molecule has 0 aliphatic carbocycles. The van der Waals surface area contributed by atoms with E-state index in [1.54, 1.807) is 30.3 Å². The zero-order valence-corrected chi connectivity index (χ0v) is 21.6. The van der Waals surface area contributed by atoms with Gasteiger partial charge >= 0.3 is 0 Å². The first-order chi connectivity index (χ1) is 20.0. The lowest BCUT2D eigenvalue weighted by Crippen LogP contribution is -2.26. The van der Waals surface area contributed by atoms with Crippen LogP contribution in [0.2, 0.25) is 0 Å². The number of nitrogen functional groups attached to an aromatic ring is 1. The molecular weight excluding hydrogens is 529 g/mol. The van der Waals surface area contributed by atoms with E-state index in [2.05, 4.69) is 42.1 Å². The molecule has 41 heavy (non-hydrogen) atoms. The molecule has 0 radical (unpaired) electrons. The van der Waals surface area contributed by atoms with Crippen molar-refractivity contribution in [3.05, 3.63) is 107 Å². The van der Waals surface area contributed by atoms with E-state index in [4.69, 9.17) is 15.1 Å². The van der Waals surface area contributed by atoms with Crippen molar-refractivity contribution >= 4 is 23.6 Å². The third kappa shape index (κ3) is 5.59. The molecule has 13 heteroatoms. The number of hydrogen-bond donors (Lipinski definition) is 2. The van der Waals surface area contributed by atoms with Crippen molar-refractivity contribution in [3.63, 3.8) is 0 Å². The molecule has 1 aliphatic heterocycles. The van der Waals surface area contributed by atoms with Gasteiger partial charge in [0.25, 0.3) is 5.91 Å². The zero-order valence-electron chi connectivity index (χ0n) is 21.6. The monoisotopic (exact) mass is 553 g/mol. The second-order valence-corrected chi connectivity index (χ2v) is 9.26. The minimum atomic E-state index is -0.561. The molecule has 0 atom stereocenters. The molecule has 0 unspecified atom stereocenters. The highest BCUT2D eigenvalue weighted by Gasteiger charge is 2.28. The standard InChI is InChI=1S/C28H24FN9O3/c29-21-10-8-18(9-11-21)17-40-22-6-3-4-19(14-22)15-31-33-28(39)25-24(38(36-32-25)27-26(30)34-41-35-27)16-37-13-12-20-5-1-2-7-23(20)37/h1-11,14-15H,12-13,16-17H2,(H2,30,34)(H,33,39). The maximum atomic E-state index is 13.2. The largest absolute Gasteiger partial charge is 0.489 e. The highest BCUT2D eigenvalue weighted by Crippen LogP contribution is 2.30. The summed E-state index contributed by atoms with van der Waals surface area (Å²) >= 11 is 0. The number of carbonyl (C=O) groups is 1. The van der Waals surface area contributed by atoms with Crippen LogP contribution in [0, 0.1) is 5.82 Å². The van der Waals surface area contributed by atoms with Crippen LogP contribution in [0.3, 0.4) is 0 Å². The number of amides is 1. The molecule has 3 heterocycles. The lowest BCUT2D eigenvalue weighted by Gasteiger charge is -2.19. The van der Waals surface area contributed by atoms with E-state index in [0.29, 0.717) is 23.6 Å². The molecule has 3 aromatic carbocycles. The Kier molecular flexibility index (Phi) is 7.05. The van der Waals surface area contributed by atoms with E-state index in [1.165, 1.54) is 28.6 Å². The number of fused-ring (bicyclic) bond motifs is 1. The first-order valence-electron chi connectivity index (χ1n) is 12.7. The Morgan fingerprint density at radius 3 is 2.80 bits per heavy atom. The second-order valence-electron chi connectivity index (χ2n) is 9.26. The number of halogens is 1. The van der Waals surface area contributed by atoms with Gasteiger partial charge in [0.05, 0.1) is 18.5 Å². The molecule has 2 aromatic heterocycles. The number of nitrogens with zero attached hydrogens (tertiary/aromatic N) is 7. The number of benzene rings is 3. The normalized spacial score (nSPS) is 12.6. The minimum absolute atomic E-state index is 0.0180. The number of carbonyl (C=O) groups excluding carboxylic acids is 1. The van der Waals surface area contributed by atoms with Crippen molar-refractivity contribution in [1.29, 1.82) is 0 Å². The summed E-state index contributed by atoms with van der Waals surface area (Å²) in [6.45, 7) is 1.36. The Balaban J connectivity index is 1.17. The number of hydrogen-bond acceptors (Lipinski definition) is 10. The molecule has 0 spiro atoms. The Labute approximate surface area is 233 Å². The van der Waals surface area contributed by atoms with Gasteiger partial charge in [-0.25, -0.2) is 14.4 Å². The van der Waals surface area contributed by atoms with Gasteiger partial charge in [0.15, 0.2) is 5.69 Å². The summed E-state index contributed by atoms with van der Waals surface area (Å²) in [5.41, 5.74) is 12.8. The molecule has 6 rings (SSSR count). The smallest absolute Gasteiger partial charge is 0.293 e. The van der Waals surface area contributed by atoms with Crippen LogP contribution in [0.5, 0.6) is 5.75 Å². The van der Waals surface area contributed by atoms with Crippen LogP contribution in [0.4, 0.5) is 15.9 Å². The van der Waals surface area contributed by atoms with Gasteiger partial charge in [-0.15, -0.1) is 5.10 Å². The molecule has 1 amide bonds. The van der Waals surface area contributed by atoms with Gasteiger partial charge < -0.3 is 15.4 Å². The van der Waals surface area contributed by atoms with Crippen molar-refractivity contribution in [3.8, 4) is 11.6 Å². The molecule has 206 valence electrons. The topological polar surface area (TPSA) is 150 Å².